The number of anilines is 1. The van der Waals surface area contributed by atoms with Crippen LogP contribution in [0.15, 0.2) is 18.2 Å². The van der Waals surface area contributed by atoms with E-state index in [1.165, 1.54) is 50.0 Å². The smallest absolute Gasteiger partial charge is 0.0471 e. The molecule has 0 spiro atoms. The monoisotopic (exact) mass is 306 g/mol. The summed E-state index contributed by atoms with van der Waals surface area (Å²) >= 11 is 6.49. The van der Waals surface area contributed by atoms with Crippen molar-refractivity contribution in [3.8, 4) is 0 Å². The van der Waals surface area contributed by atoms with Crippen molar-refractivity contribution in [2.75, 3.05) is 18.0 Å². The number of hydrogen-bond donors (Lipinski definition) is 1. The quantitative estimate of drug-likeness (QED) is 0.762. The Hall–Kier alpha value is -0.730. The van der Waals surface area contributed by atoms with Crippen LogP contribution in [0.25, 0.3) is 0 Å². The molecule has 0 atom stereocenters. The van der Waals surface area contributed by atoms with Crippen molar-refractivity contribution >= 4 is 17.3 Å². The topological polar surface area (TPSA) is 15.3 Å². The standard InChI is InChI=1S/C18H27ClN2/c1-13(2)20-10-16-17(19)4-3-5-18(16)21(11-14-6-7-14)12-15-8-9-15/h3-5,13-15,20H,6-12H2,1-2H3. The maximum absolute atomic E-state index is 6.49. The SMILES string of the molecule is CC(C)NCc1c(Cl)cccc1N(CC1CC1)CC1CC1. The molecule has 0 radical (unpaired) electrons. The molecule has 21 heavy (non-hydrogen) atoms. The van der Waals surface area contributed by atoms with Gasteiger partial charge in [0.2, 0.25) is 0 Å². The van der Waals surface area contributed by atoms with E-state index in [4.69, 9.17) is 11.6 Å². The highest BCUT2D eigenvalue weighted by Crippen LogP contribution is 2.37. The average Bonchev–Trinajstić information content (AvgIpc) is 3.31. The molecule has 0 aliphatic heterocycles. The summed E-state index contributed by atoms with van der Waals surface area (Å²) < 4.78 is 0. The second kappa shape index (κ2) is 6.58. The predicted molar refractivity (Wildman–Crippen MR) is 91.1 cm³/mol. The van der Waals surface area contributed by atoms with Crippen molar-refractivity contribution in [2.24, 2.45) is 11.8 Å². The minimum absolute atomic E-state index is 0.481. The van der Waals surface area contributed by atoms with Gasteiger partial charge in [0, 0.05) is 41.9 Å². The zero-order chi connectivity index (χ0) is 14.8. The first-order valence-electron chi connectivity index (χ1n) is 8.39. The lowest BCUT2D eigenvalue weighted by Crippen LogP contribution is -2.30. The van der Waals surface area contributed by atoms with Crippen molar-refractivity contribution < 1.29 is 0 Å². The molecule has 3 rings (SSSR count). The number of rotatable bonds is 8. The van der Waals surface area contributed by atoms with Gasteiger partial charge in [-0.2, -0.15) is 0 Å². The summed E-state index contributed by atoms with van der Waals surface area (Å²) in [6.45, 7) is 7.65. The fourth-order valence-corrected chi connectivity index (χ4v) is 3.06. The summed E-state index contributed by atoms with van der Waals surface area (Å²) in [6.07, 6.45) is 5.62. The van der Waals surface area contributed by atoms with Gasteiger partial charge in [-0.05, 0) is 49.7 Å². The van der Waals surface area contributed by atoms with E-state index in [0.717, 1.165) is 23.4 Å². The van der Waals surface area contributed by atoms with Gasteiger partial charge in [-0.1, -0.05) is 31.5 Å². The van der Waals surface area contributed by atoms with Crippen LogP contribution in [0.3, 0.4) is 0 Å². The van der Waals surface area contributed by atoms with Crippen LogP contribution >= 0.6 is 11.6 Å². The van der Waals surface area contributed by atoms with Crippen LogP contribution in [-0.2, 0) is 6.54 Å². The maximum Gasteiger partial charge on any atom is 0.0471 e. The van der Waals surface area contributed by atoms with Gasteiger partial charge in [-0.25, -0.2) is 0 Å². The molecule has 2 fully saturated rings. The van der Waals surface area contributed by atoms with Crippen LogP contribution < -0.4 is 10.2 Å². The first-order chi connectivity index (χ1) is 10.1. The second-order valence-corrected chi connectivity index (χ2v) is 7.47. The molecule has 1 aromatic carbocycles. The third-order valence-corrected chi connectivity index (χ3v) is 4.83. The van der Waals surface area contributed by atoms with E-state index in [0.29, 0.717) is 6.04 Å². The Morgan fingerprint density at radius 2 is 1.76 bits per heavy atom. The highest BCUT2D eigenvalue weighted by molar-refractivity contribution is 6.31. The molecule has 116 valence electrons. The number of benzene rings is 1. The summed E-state index contributed by atoms with van der Waals surface area (Å²) in [5, 5.41) is 4.42. The van der Waals surface area contributed by atoms with Crippen molar-refractivity contribution in [3.63, 3.8) is 0 Å². The predicted octanol–water partition coefficient (Wildman–Crippen LogP) is 4.46. The first kappa shape index (κ1) is 15.2. The van der Waals surface area contributed by atoms with Gasteiger partial charge < -0.3 is 10.2 Å². The molecule has 0 amide bonds. The van der Waals surface area contributed by atoms with Crippen LogP contribution in [0.5, 0.6) is 0 Å². The minimum Gasteiger partial charge on any atom is -0.371 e. The molecule has 0 heterocycles. The second-order valence-electron chi connectivity index (χ2n) is 7.06. The molecule has 2 aliphatic carbocycles. The zero-order valence-corrected chi connectivity index (χ0v) is 14.0. The molecule has 0 aromatic heterocycles. The van der Waals surface area contributed by atoms with E-state index in [-0.39, 0.29) is 0 Å². The molecule has 0 saturated heterocycles. The molecule has 2 aliphatic rings. The number of nitrogens with zero attached hydrogens (tertiary/aromatic N) is 1. The molecule has 1 aromatic rings. The van der Waals surface area contributed by atoms with Crippen LogP contribution in [0.2, 0.25) is 5.02 Å². The molecule has 2 nitrogen and oxygen atoms in total. The number of halogens is 1. The fraction of sp³-hybridized carbons (Fsp3) is 0.667. The Labute approximate surface area is 133 Å². The van der Waals surface area contributed by atoms with E-state index in [2.05, 4.69) is 36.2 Å². The first-order valence-corrected chi connectivity index (χ1v) is 8.77. The maximum atomic E-state index is 6.49. The Balaban J connectivity index is 1.80. The van der Waals surface area contributed by atoms with Crippen molar-refractivity contribution in [2.45, 2.75) is 52.1 Å². The van der Waals surface area contributed by atoms with E-state index >= 15 is 0 Å². The number of hydrogen-bond acceptors (Lipinski definition) is 2. The third-order valence-electron chi connectivity index (χ3n) is 4.47. The van der Waals surface area contributed by atoms with Crippen LogP contribution in [-0.4, -0.2) is 19.1 Å². The molecular weight excluding hydrogens is 280 g/mol. The Morgan fingerprint density at radius 3 is 2.29 bits per heavy atom. The molecule has 0 unspecified atom stereocenters. The summed E-state index contributed by atoms with van der Waals surface area (Å²) in [6, 6.07) is 6.86. The Morgan fingerprint density at radius 1 is 1.14 bits per heavy atom. The third kappa shape index (κ3) is 4.37. The van der Waals surface area contributed by atoms with Gasteiger partial charge in [0.25, 0.3) is 0 Å². The molecule has 1 N–H and O–H groups in total. The normalized spacial score (nSPS) is 18.3. The minimum atomic E-state index is 0.481. The molecule has 3 heteroatoms. The fourth-order valence-electron chi connectivity index (χ4n) is 2.82. The van der Waals surface area contributed by atoms with E-state index < -0.39 is 0 Å². The zero-order valence-electron chi connectivity index (χ0n) is 13.2. The van der Waals surface area contributed by atoms with Crippen LogP contribution in [0.1, 0.15) is 45.1 Å². The summed E-state index contributed by atoms with van der Waals surface area (Å²) in [7, 11) is 0. The summed E-state index contributed by atoms with van der Waals surface area (Å²) in [5.74, 6) is 1.82. The highest BCUT2D eigenvalue weighted by Gasteiger charge is 2.30. The van der Waals surface area contributed by atoms with Gasteiger partial charge in [-0.3, -0.25) is 0 Å². The van der Waals surface area contributed by atoms with Crippen molar-refractivity contribution in [1.29, 1.82) is 0 Å². The van der Waals surface area contributed by atoms with E-state index in [1.54, 1.807) is 0 Å². The average molecular weight is 307 g/mol. The van der Waals surface area contributed by atoms with Crippen molar-refractivity contribution in [3.05, 3.63) is 28.8 Å². The lowest BCUT2D eigenvalue weighted by molar-refractivity contribution is 0.586. The van der Waals surface area contributed by atoms with E-state index in [1.807, 2.05) is 6.07 Å². The largest absolute Gasteiger partial charge is 0.371 e. The van der Waals surface area contributed by atoms with Gasteiger partial charge in [-0.15, -0.1) is 0 Å². The van der Waals surface area contributed by atoms with Gasteiger partial charge in [0.1, 0.15) is 0 Å². The summed E-state index contributed by atoms with van der Waals surface area (Å²) in [4.78, 5) is 2.61. The van der Waals surface area contributed by atoms with Gasteiger partial charge >= 0.3 is 0 Å². The summed E-state index contributed by atoms with van der Waals surface area (Å²) in [5.41, 5.74) is 2.63. The van der Waals surface area contributed by atoms with Gasteiger partial charge in [0.05, 0.1) is 0 Å². The van der Waals surface area contributed by atoms with E-state index in [9.17, 15) is 0 Å². The lowest BCUT2D eigenvalue weighted by Gasteiger charge is -2.28. The Kier molecular flexibility index (Phi) is 4.75. The van der Waals surface area contributed by atoms with Crippen LogP contribution in [0, 0.1) is 11.8 Å². The molecule has 2 saturated carbocycles. The lowest BCUT2D eigenvalue weighted by atomic mass is 10.1. The van der Waals surface area contributed by atoms with Crippen molar-refractivity contribution in [1.82, 2.24) is 5.32 Å². The molecule has 0 bridgehead atoms. The Bertz CT molecular complexity index is 464. The van der Waals surface area contributed by atoms with Gasteiger partial charge in [0.15, 0.2) is 0 Å². The highest BCUT2D eigenvalue weighted by atomic mass is 35.5. The van der Waals surface area contributed by atoms with Crippen LogP contribution in [0.4, 0.5) is 5.69 Å². The molecular formula is C18H27ClN2. The number of nitrogens with one attached hydrogen (secondary N) is 1.